The second-order valence-electron chi connectivity index (χ2n) is 8.45. The van der Waals surface area contributed by atoms with Crippen molar-refractivity contribution in [1.82, 2.24) is 4.90 Å². The number of fused-ring (bicyclic) bond motifs is 1. The second-order valence-corrected chi connectivity index (χ2v) is 10.3. The predicted octanol–water partition coefficient (Wildman–Crippen LogP) is 1.67. The molecule has 2 bridgehead atoms. The highest BCUT2D eigenvalue weighted by Crippen LogP contribution is 2.71. The average Bonchev–Trinajstić information content (AvgIpc) is 3.30. The molecule has 1 aromatic rings. The molecule has 8 nitrogen and oxygen atoms in total. The summed E-state index contributed by atoms with van der Waals surface area (Å²) < 4.78 is 9.32. The summed E-state index contributed by atoms with van der Waals surface area (Å²) in [5.74, 6) is -1.50. The summed E-state index contributed by atoms with van der Waals surface area (Å²) in [5, 5.41) is 12.5. The second kappa shape index (κ2) is 8.02. The molecule has 2 unspecified atom stereocenters. The van der Waals surface area contributed by atoms with Crippen molar-refractivity contribution in [2.75, 3.05) is 32.2 Å². The van der Waals surface area contributed by atoms with Gasteiger partial charge in [0.05, 0.1) is 36.9 Å². The number of nitrogens with zero attached hydrogens (tertiary/aromatic N) is 1. The first-order chi connectivity index (χ1) is 14.8. The van der Waals surface area contributed by atoms with Gasteiger partial charge in [-0.3, -0.25) is 14.4 Å². The number of β-amino-alcohol motifs (C(OH)–C–C–N with tert-alkyl or cyclic N) is 1. The van der Waals surface area contributed by atoms with E-state index in [0.29, 0.717) is 17.9 Å². The molecule has 31 heavy (non-hydrogen) atoms. The topological polar surface area (TPSA) is 105 Å². The number of ether oxygens (including phenoxy) is 2. The number of rotatable bonds is 7. The van der Waals surface area contributed by atoms with E-state index in [1.165, 1.54) is 4.90 Å². The SMILES string of the molecule is CCOC(=O)[C@H]1[C@H]2C(=O)N(CCO)C(C(=O)Nc3ccc(OC)cc3)C23CC[C@]1(C)S3. The highest BCUT2D eigenvalue weighted by atomic mass is 32.2. The van der Waals surface area contributed by atoms with Crippen molar-refractivity contribution in [1.29, 1.82) is 0 Å². The molecule has 0 aromatic heterocycles. The van der Waals surface area contributed by atoms with Gasteiger partial charge in [0.15, 0.2) is 0 Å². The molecule has 0 saturated carbocycles. The van der Waals surface area contributed by atoms with Gasteiger partial charge in [0.25, 0.3) is 0 Å². The molecule has 3 heterocycles. The fraction of sp³-hybridized carbons (Fsp3) is 0.591. The smallest absolute Gasteiger partial charge is 0.311 e. The van der Waals surface area contributed by atoms with Crippen LogP contribution in [0.2, 0.25) is 0 Å². The maximum absolute atomic E-state index is 13.5. The van der Waals surface area contributed by atoms with E-state index in [4.69, 9.17) is 9.47 Å². The first kappa shape index (κ1) is 22.0. The number of methoxy groups -OCH3 is 1. The van der Waals surface area contributed by atoms with Crippen molar-refractivity contribution in [3.05, 3.63) is 24.3 Å². The standard InChI is InChI=1S/C22H28N2O6S/c1-4-30-20(28)16-15-19(27)24(11-12-25)17(22(15)10-9-21(16,2)31-22)18(26)23-13-5-7-14(29-3)8-6-13/h5-8,15-17,25H,4,9-12H2,1-3H3,(H,23,26)/t15-,16+,17?,21-,22?/m0/s1. The van der Waals surface area contributed by atoms with Crippen LogP contribution in [0.5, 0.6) is 5.75 Å². The monoisotopic (exact) mass is 448 g/mol. The molecule has 0 radical (unpaired) electrons. The Kier molecular flexibility index (Phi) is 5.68. The quantitative estimate of drug-likeness (QED) is 0.612. The lowest BCUT2D eigenvalue weighted by molar-refractivity contribution is -0.155. The summed E-state index contributed by atoms with van der Waals surface area (Å²) in [6.45, 7) is 3.77. The van der Waals surface area contributed by atoms with Crippen LogP contribution < -0.4 is 10.1 Å². The average molecular weight is 449 g/mol. The minimum absolute atomic E-state index is 0.0462. The minimum atomic E-state index is -0.773. The van der Waals surface area contributed by atoms with Crippen LogP contribution in [0.4, 0.5) is 5.69 Å². The fourth-order valence-corrected chi connectivity index (χ4v) is 7.89. The number of thioether (sulfide) groups is 1. The van der Waals surface area contributed by atoms with Gasteiger partial charge in [-0.15, -0.1) is 11.8 Å². The third kappa shape index (κ3) is 3.29. The number of hydrogen-bond acceptors (Lipinski definition) is 7. The number of aliphatic hydroxyl groups is 1. The molecule has 3 fully saturated rings. The van der Waals surface area contributed by atoms with Crippen LogP contribution in [0.25, 0.3) is 0 Å². The lowest BCUT2D eigenvalue weighted by Crippen LogP contribution is -2.52. The van der Waals surface area contributed by atoms with Crippen molar-refractivity contribution in [3.63, 3.8) is 0 Å². The van der Waals surface area contributed by atoms with Crippen LogP contribution in [0.15, 0.2) is 24.3 Å². The van der Waals surface area contributed by atoms with Crippen LogP contribution >= 0.6 is 11.8 Å². The number of hydrogen-bond donors (Lipinski definition) is 2. The summed E-state index contributed by atoms with van der Waals surface area (Å²) >= 11 is 1.57. The number of nitrogens with one attached hydrogen (secondary N) is 1. The van der Waals surface area contributed by atoms with E-state index in [1.54, 1.807) is 50.1 Å². The third-order valence-electron chi connectivity index (χ3n) is 6.76. The third-order valence-corrected chi connectivity index (χ3v) is 8.75. The minimum Gasteiger partial charge on any atom is -0.497 e. The number of benzene rings is 1. The number of carbonyl (C=O) groups is 3. The van der Waals surface area contributed by atoms with Crippen LogP contribution in [-0.2, 0) is 19.1 Å². The Labute approximate surface area is 185 Å². The molecule has 1 aromatic carbocycles. The Hall–Kier alpha value is -2.26. The number of carbonyl (C=O) groups excluding carboxylic acids is 3. The van der Waals surface area contributed by atoms with Gasteiger partial charge in [-0.1, -0.05) is 0 Å². The number of esters is 1. The van der Waals surface area contributed by atoms with E-state index < -0.39 is 27.4 Å². The Bertz CT molecular complexity index is 892. The van der Waals surface area contributed by atoms with Gasteiger partial charge >= 0.3 is 5.97 Å². The first-order valence-corrected chi connectivity index (χ1v) is 11.4. The molecule has 9 heteroatoms. The maximum atomic E-state index is 13.5. The Morgan fingerprint density at radius 1 is 1.29 bits per heavy atom. The molecule has 1 spiro atoms. The van der Waals surface area contributed by atoms with E-state index >= 15 is 0 Å². The summed E-state index contributed by atoms with van der Waals surface area (Å²) in [6, 6.07) is 6.19. The van der Waals surface area contributed by atoms with E-state index in [-0.39, 0.29) is 37.5 Å². The van der Waals surface area contributed by atoms with Crippen molar-refractivity contribution >= 4 is 35.2 Å². The lowest BCUT2D eigenvalue weighted by Gasteiger charge is -2.34. The van der Waals surface area contributed by atoms with Gasteiger partial charge in [0.2, 0.25) is 11.8 Å². The highest BCUT2D eigenvalue weighted by molar-refractivity contribution is 8.02. The Morgan fingerprint density at radius 2 is 2.00 bits per heavy atom. The number of likely N-dealkylation sites (tertiary alicyclic amines) is 1. The van der Waals surface area contributed by atoms with Gasteiger partial charge in [-0.25, -0.2) is 0 Å². The van der Waals surface area contributed by atoms with Gasteiger partial charge in [0.1, 0.15) is 11.8 Å². The van der Waals surface area contributed by atoms with Gasteiger partial charge in [-0.05, 0) is 51.0 Å². The predicted molar refractivity (Wildman–Crippen MR) is 116 cm³/mol. The normalized spacial score (nSPS) is 33.4. The molecule has 3 saturated heterocycles. The Balaban J connectivity index is 1.68. The van der Waals surface area contributed by atoms with Gasteiger partial charge in [-0.2, -0.15) is 0 Å². The molecule has 3 aliphatic rings. The molecular formula is C22H28N2O6S. The number of anilines is 1. The van der Waals surface area contributed by atoms with Crippen molar-refractivity contribution in [2.24, 2.45) is 11.8 Å². The lowest BCUT2D eigenvalue weighted by atomic mass is 9.66. The number of amides is 2. The molecule has 0 aliphatic carbocycles. The highest BCUT2D eigenvalue weighted by Gasteiger charge is 2.77. The summed E-state index contributed by atoms with van der Waals surface area (Å²) in [7, 11) is 1.57. The van der Waals surface area contributed by atoms with E-state index in [0.717, 1.165) is 6.42 Å². The summed E-state index contributed by atoms with van der Waals surface area (Å²) in [6.07, 6.45) is 1.38. The molecular weight excluding hydrogens is 420 g/mol. The van der Waals surface area contributed by atoms with E-state index in [1.807, 2.05) is 6.92 Å². The molecule has 5 atom stereocenters. The largest absolute Gasteiger partial charge is 0.497 e. The molecule has 168 valence electrons. The van der Waals surface area contributed by atoms with Crippen LogP contribution in [0.1, 0.15) is 26.7 Å². The van der Waals surface area contributed by atoms with Crippen LogP contribution in [0.3, 0.4) is 0 Å². The maximum Gasteiger partial charge on any atom is 0.311 e. The fourth-order valence-electron chi connectivity index (χ4n) is 5.55. The number of aliphatic hydroxyl groups excluding tert-OH is 1. The van der Waals surface area contributed by atoms with Crippen LogP contribution in [-0.4, -0.2) is 70.2 Å². The van der Waals surface area contributed by atoms with Crippen LogP contribution in [0, 0.1) is 11.8 Å². The van der Waals surface area contributed by atoms with Crippen molar-refractivity contribution in [3.8, 4) is 5.75 Å². The zero-order valence-electron chi connectivity index (χ0n) is 17.9. The van der Waals surface area contributed by atoms with E-state index in [9.17, 15) is 19.5 Å². The Morgan fingerprint density at radius 3 is 2.61 bits per heavy atom. The summed E-state index contributed by atoms with van der Waals surface area (Å²) in [4.78, 5) is 41.3. The summed E-state index contributed by atoms with van der Waals surface area (Å²) in [5.41, 5.74) is 0.591. The van der Waals surface area contributed by atoms with E-state index in [2.05, 4.69) is 5.32 Å². The zero-order valence-corrected chi connectivity index (χ0v) is 18.7. The molecule has 2 N–H and O–H groups in total. The zero-order chi connectivity index (χ0) is 22.4. The van der Waals surface area contributed by atoms with Crippen molar-refractivity contribution < 1.29 is 29.0 Å². The first-order valence-electron chi connectivity index (χ1n) is 10.5. The van der Waals surface area contributed by atoms with Gasteiger partial charge < -0.3 is 24.8 Å². The van der Waals surface area contributed by atoms with Crippen molar-refractivity contribution in [2.45, 2.75) is 42.2 Å². The molecule has 4 rings (SSSR count). The molecule has 3 aliphatic heterocycles. The molecule has 2 amide bonds. The van der Waals surface area contributed by atoms with Gasteiger partial charge in [0, 0.05) is 17.0 Å².